The fraction of sp³-hybridized carbons (Fsp3) is 0.324. The Morgan fingerprint density at radius 1 is 1.09 bits per heavy atom. The van der Waals surface area contributed by atoms with Gasteiger partial charge in [-0.3, -0.25) is 9.59 Å². The molecule has 3 aromatic carbocycles. The third-order valence-corrected chi connectivity index (χ3v) is 8.18. The zero-order valence-electron chi connectivity index (χ0n) is 25.8. The van der Waals surface area contributed by atoms with Gasteiger partial charge >= 0.3 is 6.03 Å². The molecular weight excluding hydrogens is 577 g/mol. The van der Waals surface area contributed by atoms with Gasteiger partial charge in [0, 0.05) is 55.0 Å². The molecule has 0 bridgehead atoms. The first-order valence-corrected chi connectivity index (χ1v) is 14.9. The summed E-state index contributed by atoms with van der Waals surface area (Å²) in [7, 11) is 3.57. The number of amides is 4. The lowest BCUT2D eigenvalue weighted by molar-refractivity contribution is -0.115. The van der Waals surface area contributed by atoms with Crippen molar-refractivity contribution in [3.8, 4) is 5.75 Å². The van der Waals surface area contributed by atoms with Crippen molar-refractivity contribution < 1.29 is 28.6 Å². The average molecular weight is 616 g/mol. The highest BCUT2D eigenvalue weighted by Crippen LogP contribution is 2.31. The zero-order valence-corrected chi connectivity index (χ0v) is 25.8. The van der Waals surface area contributed by atoms with E-state index in [-0.39, 0.29) is 49.4 Å². The number of benzene rings is 3. The molecule has 45 heavy (non-hydrogen) atoms. The van der Waals surface area contributed by atoms with Crippen molar-refractivity contribution in [3.05, 3.63) is 89.9 Å². The van der Waals surface area contributed by atoms with E-state index in [0.29, 0.717) is 17.1 Å². The summed E-state index contributed by atoms with van der Waals surface area (Å²) in [5.41, 5.74) is 3.06. The highest BCUT2D eigenvalue weighted by Gasteiger charge is 2.34. The van der Waals surface area contributed by atoms with Gasteiger partial charge in [-0.1, -0.05) is 25.1 Å². The van der Waals surface area contributed by atoms with Crippen molar-refractivity contribution in [1.29, 1.82) is 0 Å². The maximum Gasteiger partial charge on any atom is 0.321 e. The molecule has 1 aliphatic rings. The SMILES string of the molecule is C[C@@H]1CN([C@H](C)CO)C(=O)c2cc(NC(=O)Cc3cn(C)c4ccccc34)ccc2O[C@@H]1CN(C)C(=O)Nc1ccc(F)cc1. The number of aliphatic hydroxyl groups is 1. The van der Waals surface area contributed by atoms with Gasteiger partial charge < -0.3 is 34.8 Å². The smallest absolute Gasteiger partial charge is 0.321 e. The number of hydrogen-bond acceptors (Lipinski definition) is 5. The highest BCUT2D eigenvalue weighted by molar-refractivity contribution is 6.01. The van der Waals surface area contributed by atoms with Crippen molar-refractivity contribution >= 4 is 40.1 Å². The van der Waals surface area contributed by atoms with E-state index >= 15 is 0 Å². The van der Waals surface area contributed by atoms with Crippen LogP contribution < -0.4 is 15.4 Å². The number of carbonyl (C=O) groups is 3. The molecule has 236 valence electrons. The fourth-order valence-electron chi connectivity index (χ4n) is 5.57. The van der Waals surface area contributed by atoms with Crippen molar-refractivity contribution in [2.24, 2.45) is 13.0 Å². The standard InChI is InChI=1S/C34H38FN5O5/c1-21-17-40(22(2)20-41)33(43)28-16-26(36-32(42)15-23-18-38(3)29-8-6-5-7-27(23)29)13-14-30(28)45-31(21)19-39(4)34(44)37-25-11-9-24(35)10-12-25/h5-14,16,18,21-22,31,41H,15,17,19-20H2,1-4H3,(H,36,42)(H,37,44)/t21-,22-,31-/m1/s1. The number of halogens is 1. The molecule has 3 N–H and O–H groups in total. The second-order valence-electron chi connectivity index (χ2n) is 11.7. The summed E-state index contributed by atoms with van der Waals surface area (Å²) < 4.78 is 21.7. The Hall–Kier alpha value is -4.90. The molecule has 4 aromatic rings. The Morgan fingerprint density at radius 3 is 2.53 bits per heavy atom. The van der Waals surface area contributed by atoms with Gasteiger partial charge in [-0.15, -0.1) is 0 Å². The van der Waals surface area contributed by atoms with E-state index in [1.165, 1.54) is 29.2 Å². The first kappa shape index (κ1) is 31.5. The molecule has 11 heteroatoms. The molecule has 0 fully saturated rings. The molecule has 0 spiro atoms. The summed E-state index contributed by atoms with van der Waals surface area (Å²) in [6, 6.07) is 17.4. The summed E-state index contributed by atoms with van der Waals surface area (Å²) in [5.74, 6) is -0.861. The molecule has 0 radical (unpaired) electrons. The summed E-state index contributed by atoms with van der Waals surface area (Å²) >= 11 is 0. The predicted octanol–water partition coefficient (Wildman–Crippen LogP) is 4.88. The van der Waals surface area contributed by atoms with Crippen LogP contribution in [0.1, 0.15) is 29.8 Å². The van der Waals surface area contributed by atoms with Crippen LogP contribution in [0.25, 0.3) is 10.9 Å². The topological polar surface area (TPSA) is 116 Å². The number of para-hydroxylation sites is 1. The number of ether oxygens (including phenoxy) is 1. The average Bonchev–Trinajstić information content (AvgIpc) is 3.34. The lowest BCUT2D eigenvalue weighted by Gasteiger charge is -2.38. The third kappa shape index (κ3) is 7.09. The van der Waals surface area contributed by atoms with Gasteiger partial charge in [0.15, 0.2) is 0 Å². The molecule has 0 unspecified atom stereocenters. The molecule has 3 atom stereocenters. The molecule has 10 nitrogen and oxygen atoms in total. The van der Waals surface area contributed by atoms with Crippen LogP contribution in [0, 0.1) is 11.7 Å². The number of likely N-dealkylation sites (N-methyl/N-ethyl adjacent to an activating group) is 1. The Labute approximate surface area is 261 Å². The van der Waals surface area contributed by atoms with Gasteiger partial charge in [-0.25, -0.2) is 9.18 Å². The van der Waals surface area contributed by atoms with E-state index in [1.54, 1.807) is 37.1 Å². The minimum absolute atomic E-state index is 0.155. The molecule has 0 saturated heterocycles. The molecule has 4 amide bonds. The maximum atomic E-state index is 13.8. The Kier molecular flexibility index (Phi) is 9.38. The van der Waals surface area contributed by atoms with Crippen LogP contribution >= 0.6 is 0 Å². The normalized spacial score (nSPS) is 17.1. The maximum absolute atomic E-state index is 13.8. The number of hydrogen-bond donors (Lipinski definition) is 3. The number of aliphatic hydroxyl groups excluding tert-OH is 1. The minimum atomic E-state index is -0.513. The summed E-state index contributed by atoms with van der Waals surface area (Å²) in [4.78, 5) is 42.9. The van der Waals surface area contributed by atoms with Crippen LogP contribution in [0.15, 0.2) is 72.9 Å². The van der Waals surface area contributed by atoms with Crippen LogP contribution in [0.4, 0.5) is 20.6 Å². The predicted molar refractivity (Wildman–Crippen MR) is 171 cm³/mol. The summed E-state index contributed by atoms with van der Waals surface area (Å²) in [6.45, 7) is 3.91. The molecule has 1 aromatic heterocycles. The summed E-state index contributed by atoms with van der Waals surface area (Å²) in [5, 5.41) is 16.6. The molecule has 5 rings (SSSR count). The van der Waals surface area contributed by atoms with Crippen molar-refractivity contribution in [2.45, 2.75) is 32.4 Å². The van der Waals surface area contributed by atoms with Gasteiger partial charge in [0.25, 0.3) is 5.91 Å². The van der Waals surface area contributed by atoms with Crippen LogP contribution in [0.3, 0.4) is 0 Å². The lowest BCUT2D eigenvalue weighted by Crippen LogP contribution is -2.50. The Morgan fingerprint density at radius 2 is 1.80 bits per heavy atom. The number of urea groups is 1. The van der Waals surface area contributed by atoms with E-state index in [1.807, 2.05) is 49.0 Å². The number of fused-ring (bicyclic) bond motifs is 2. The molecule has 0 saturated carbocycles. The van der Waals surface area contributed by atoms with E-state index in [9.17, 15) is 23.9 Å². The molecule has 2 heterocycles. The van der Waals surface area contributed by atoms with E-state index in [2.05, 4.69) is 10.6 Å². The Balaban J connectivity index is 1.36. The third-order valence-electron chi connectivity index (χ3n) is 8.18. The van der Waals surface area contributed by atoms with Gasteiger partial charge in [-0.2, -0.15) is 0 Å². The monoisotopic (exact) mass is 615 g/mol. The first-order chi connectivity index (χ1) is 21.5. The van der Waals surface area contributed by atoms with E-state index in [4.69, 9.17) is 4.74 Å². The van der Waals surface area contributed by atoms with Crippen LogP contribution in [0.5, 0.6) is 5.75 Å². The van der Waals surface area contributed by atoms with Gasteiger partial charge in [-0.05, 0) is 61.0 Å². The number of aromatic nitrogens is 1. The number of nitrogens with zero attached hydrogens (tertiary/aromatic N) is 3. The summed E-state index contributed by atoms with van der Waals surface area (Å²) in [6.07, 6.45) is 1.58. The quantitative estimate of drug-likeness (QED) is 0.261. The van der Waals surface area contributed by atoms with Crippen LogP contribution in [-0.2, 0) is 18.3 Å². The lowest BCUT2D eigenvalue weighted by atomic mass is 9.99. The number of aryl methyl sites for hydroxylation is 1. The highest BCUT2D eigenvalue weighted by atomic mass is 19.1. The number of anilines is 2. The van der Waals surface area contributed by atoms with E-state index < -0.39 is 24.0 Å². The van der Waals surface area contributed by atoms with Gasteiger partial charge in [0.2, 0.25) is 5.91 Å². The second-order valence-corrected chi connectivity index (χ2v) is 11.7. The van der Waals surface area contributed by atoms with E-state index in [0.717, 1.165) is 16.5 Å². The first-order valence-electron chi connectivity index (χ1n) is 14.9. The number of nitrogens with one attached hydrogen (secondary N) is 2. The largest absolute Gasteiger partial charge is 0.487 e. The number of rotatable bonds is 8. The molecular formula is C34H38FN5O5. The molecule has 1 aliphatic heterocycles. The number of carbonyl (C=O) groups excluding carboxylic acids is 3. The van der Waals surface area contributed by atoms with Crippen LogP contribution in [0.2, 0.25) is 0 Å². The van der Waals surface area contributed by atoms with Crippen LogP contribution in [-0.4, -0.2) is 76.2 Å². The fourth-order valence-corrected chi connectivity index (χ4v) is 5.57. The second kappa shape index (κ2) is 13.4. The zero-order chi connectivity index (χ0) is 32.2. The molecule has 0 aliphatic carbocycles. The van der Waals surface area contributed by atoms with Gasteiger partial charge in [0.05, 0.1) is 31.2 Å². The van der Waals surface area contributed by atoms with Crippen molar-refractivity contribution in [3.63, 3.8) is 0 Å². The van der Waals surface area contributed by atoms with Crippen molar-refractivity contribution in [2.75, 3.05) is 37.4 Å². The van der Waals surface area contributed by atoms with Crippen molar-refractivity contribution in [1.82, 2.24) is 14.4 Å². The minimum Gasteiger partial charge on any atom is -0.487 e. The Bertz CT molecular complexity index is 1710. The van der Waals surface area contributed by atoms with Gasteiger partial charge in [0.1, 0.15) is 17.7 Å².